The van der Waals surface area contributed by atoms with E-state index >= 15 is 0 Å². The van der Waals surface area contributed by atoms with Crippen LogP contribution in [-0.2, 0) is 14.3 Å². The molecule has 1 aliphatic rings. The molecular weight excluding hydrogens is 496 g/mol. The number of aliphatic hydroxyl groups excluding tert-OH is 1. The van der Waals surface area contributed by atoms with Crippen LogP contribution in [0.4, 0.5) is 5.13 Å². The molecule has 1 N–H and O–H groups in total. The average Bonchev–Trinajstić information content (AvgIpc) is 3.43. The topological polar surface area (TPSA) is 115 Å². The number of esters is 1. The van der Waals surface area contributed by atoms with Gasteiger partial charge in [0.1, 0.15) is 28.7 Å². The summed E-state index contributed by atoms with van der Waals surface area (Å²) >= 11 is 0.933. The number of Topliss-reactive ketones (excluding diaryl/α,β-unsaturated/α-hetero) is 1. The molecule has 1 amide bonds. The summed E-state index contributed by atoms with van der Waals surface area (Å²) in [7, 11) is 2.76. The summed E-state index contributed by atoms with van der Waals surface area (Å²) in [5, 5.41) is 11.4. The van der Waals surface area contributed by atoms with Gasteiger partial charge >= 0.3 is 11.9 Å². The number of hydrogen-bond acceptors (Lipinski definition) is 9. The summed E-state index contributed by atoms with van der Waals surface area (Å²) < 4.78 is 15.5. The van der Waals surface area contributed by atoms with Crippen molar-refractivity contribution in [3.8, 4) is 11.5 Å². The molecule has 4 rings (SSSR count). The third kappa shape index (κ3) is 4.83. The Labute approximate surface area is 217 Å². The molecule has 1 atom stereocenters. The lowest BCUT2D eigenvalue weighted by molar-refractivity contribution is -0.132. The minimum Gasteiger partial charge on any atom is -0.507 e. The first-order valence-electron chi connectivity index (χ1n) is 11.2. The third-order valence-corrected chi connectivity index (χ3v) is 6.87. The summed E-state index contributed by atoms with van der Waals surface area (Å²) in [4.78, 5) is 44.6. The van der Waals surface area contributed by atoms with Gasteiger partial charge in [-0.05, 0) is 48.9 Å². The van der Waals surface area contributed by atoms with Gasteiger partial charge in [-0.3, -0.25) is 14.5 Å². The quantitative estimate of drug-likeness (QED) is 0.152. The lowest BCUT2D eigenvalue weighted by atomic mass is 9.95. The van der Waals surface area contributed by atoms with Gasteiger partial charge in [0.2, 0.25) is 0 Å². The number of ketones is 1. The Hall–Kier alpha value is -4.44. The number of nitrogens with zero attached hydrogens (tertiary/aromatic N) is 2. The molecule has 1 fully saturated rings. The number of rotatable bonds is 8. The zero-order chi connectivity index (χ0) is 26.7. The number of ether oxygens (including phenoxy) is 3. The number of thiazole rings is 1. The normalized spacial score (nSPS) is 16.5. The number of carbonyl (C=O) groups excluding carboxylic acids is 3. The Balaban J connectivity index is 1.88. The number of benzene rings is 2. The Kier molecular flexibility index (Phi) is 7.40. The first-order chi connectivity index (χ1) is 17.8. The molecular formula is C27H24N2O7S. The van der Waals surface area contributed by atoms with Gasteiger partial charge in [0.25, 0.3) is 5.78 Å². The summed E-state index contributed by atoms with van der Waals surface area (Å²) in [5.74, 6) is -1.57. The van der Waals surface area contributed by atoms with Gasteiger partial charge in [-0.15, -0.1) is 0 Å². The molecule has 0 aliphatic carbocycles. The number of aliphatic hydroxyl groups is 1. The predicted molar refractivity (Wildman–Crippen MR) is 138 cm³/mol. The first kappa shape index (κ1) is 25.6. The largest absolute Gasteiger partial charge is 0.507 e. The third-order valence-electron chi connectivity index (χ3n) is 5.73. The number of carbonyl (C=O) groups is 3. The van der Waals surface area contributed by atoms with Gasteiger partial charge in [-0.2, -0.15) is 0 Å². The van der Waals surface area contributed by atoms with Crippen molar-refractivity contribution in [3.05, 3.63) is 88.5 Å². The highest BCUT2D eigenvalue weighted by Gasteiger charge is 2.48. The predicted octanol–water partition coefficient (Wildman–Crippen LogP) is 4.44. The second-order valence-electron chi connectivity index (χ2n) is 7.97. The fourth-order valence-electron chi connectivity index (χ4n) is 3.92. The molecule has 2 aromatic carbocycles. The monoisotopic (exact) mass is 520 g/mol. The van der Waals surface area contributed by atoms with Crippen LogP contribution in [0.2, 0.25) is 0 Å². The number of hydrogen-bond donors (Lipinski definition) is 1. The minimum atomic E-state index is -1.01. The molecule has 0 spiro atoms. The Morgan fingerprint density at radius 1 is 1.11 bits per heavy atom. The van der Waals surface area contributed by atoms with Gasteiger partial charge in [-0.1, -0.05) is 36.1 Å². The number of aromatic nitrogens is 1. The molecule has 1 saturated heterocycles. The van der Waals surface area contributed by atoms with Crippen LogP contribution in [-0.4, -0.2) is 48.6 Å². The zero-order valence-electron chi connectivity index (χ0n) is 20.4. The summed E-state index contributed by atoms with van der Waals surface area (Å²) in [6.45, 7) is 5.55. The Bertz CT molecular complexity index is 1390. The lowest BCUT2D eigenvalue weighted by Crippen LogP contribution is -2.29. The van der Waals surface area contributed by atoms with Crippen LogP contribution >= 0.6 is 11.3 Å². The van der Waals surface area contributed by atoms with Crippen LogP contribution in [0.3, 0.4) is 0 Å². The molecule has 1 unspecified atom stereocenters. The van der Waals surface area contributed by atoms with Crippen molar-refractivity contribution >= 4 is 39.9 Å². The van der Waals surface area contributed by atoms with E-state index in [0.29, 0.717) is 34.9 Å². The van der Waals surface area contributed by atoms with Crippen LogP contribution in [0.1, 0.15) is 32.5 Å². The first-order valence-corrected chi connectivity index (χ1v) is 12.0. The van der Waals surface area contributed by atoms with E-state index in [1.807, 2.05) is 0 Å². The van der Waals surface area contributed by atoms with E-state index in [2.05, 4.69) is 11.6 Å². The standard InChI is InChI=1S/C27H24N2O7S/c1-5-14-36-19-12-6-16(7-13-19)21-20(22(30)17-8-10-18(34-3)11-9-17)23(31)25(32)29(21)27-28-15(2)24(37-27)26(33)35-4/h5-13,21,30H,1,14H2,2-4H3/b22-20+. The van der Waals surface area contributed by atoms with Gasteiger partial charge < -0.3 is 19.3 Å². The number of aryl methyl sites for hydroxylation is 1. The maximum Gasteiger partial charge on any atom is 0.350 e. The minimum absolute atomic E-state index is 0.109. The lowest BCUT2D eigenvalue weighted by Gasteiger charge is -2.23. The van der Waals surface area contributed by atoms with Crippen LogP contribution in [0.15, 0.2) is 66.8 Å². The van der Waals surface area contributed by atoms with Crippen molar-refractivity contribution < 1.29 is 33.7 Å². The smallest absolute Gasteiger partial charge is 0.350 e. The molecule has 190 valence electrons. The van der Waals surface area contributed by atoms with Gasteiger partial charge in [0, 0.05) is 5.56 Å². The highest BCUT2D eigenvalue weighted by molar-refractivity contribution is 7.17. The van der Waals surface area contributed by atoms with Gasteiger partial charge in [-0.25, -0.2) is 9.78 Å². The molecule has 0 radical (unpaired) electrons. The van der Waals surface area contributed by atoms with Crippen LogP contribution in [0.25, 0.3) is 5.76 Å². The fraction of sp³-hybridized carbons (Fsp3) is 0.185. The van der Waals surface area contributed by atoms with Crippen molar-refractivity contribution in [2.24, 2.45) is 0 Å². The fourth-order valence-corrected chi connectivity index (χ4v) is 4.93. The van der Waals surface area contributed by atoms with Crippen molar-refractivity contribution in [1.29, 1.82) is 0 Å². The molecule has 1 aliphatic heterocycles. The van der Waals surface area contributed by atoms with E-state index in [9.17, 15) is 19.5 Å². The highest BCUT2D eigenvalue weighted by Crippen LogP contribution is 2.44. The van der Waals surface area contributed by atoms with Crippen LogP contribution in [0, 0.1) is 6.92 Å². The zero-order valence-corrected chi connectivity index (χ0v) is 21.2. The Morgan fingerprint density at radius 2 is 1.76 bits per heavy atom. The molecule has 9 nitrogen and oxygen atoms in total. The maximum atomic E-state index is 13.3. The van der Waals surface area contributed by atoms with Crippen LogP contribution < -0.4 is 14.4 Å². The summed E-state index contributed by atoms with van der Waals surface area (Å²) in [5.41, 5.74) is 1.12. The van der Waals surface area contributed by atoms with Crippen LogP contribution in [0.5, 0.6) is 11.5 Å². The summed E-state index contributed by atoms with van der Waals surface area (Å²) in [6.07, 6.45) is 1.61. The van der Waals surface area contributed by atoms with E-state index in [4.69, 9.17) is 14.2 Å². The van der Waals surface area contributed by atoms with E-state index < -0.39 is 23.7 Å². The molecule has 2 heterocycles. The SMILES string of the molecule is C=CCOc1ccc(C2/C(=C(\O)c3ccc(OC)cc3)C(=O)C(=O)N2c2nc(C)c(C(=O)OC)s2)cc1. The second kappa shape index (κ2) is 10.7. The van der Waals surface area contributed by atoms with Gasteiger partial charge in [0.05, 0.1) is 31.5 Å². The number of anilines is 1. The average molecular weight is 521 g/mol. The van der Waals surface area contributed by atoms with Crippen molar-refractivity contribution in [2.75, 3.05) is 25.7 Å². The number of methoxy groups -OCH3 is 2. The van der Waals surface area contributed by atoms with E-state index in [1.54, 1.807) is 61.5 Å². The molecule has 0 bridgehead atoms. The van der Waals surface area contributed by atoms with Gasteiger partial charge in [0.15, 0.2) is 5.13 Å². The van der Waals surface area contributed by atoms with Crippen molar-refractivity contribution in [3.63, 3.8) is 0 Å². The van der Waals surface area contributed by atoms with E-state index in [-0.39, 0.29) is 21.3 Å². The van der Waals surface area contributed by atoms with Crippen molar-refractivity contribution in [2.45, 2.75) is 13.0 Å². The van der Waals surface area contributed by atoms with E-state index in [1.165, 1.54) is 19.1 Å². The maximum absolute atomic E-state index is 13.3. The molecule has 0 saturated carbocycles. The molecule has 37 heavy (non-hydrogen) atoms. The second-order valence-corrected chi connectivity index (χ2v) is 8.95. The highest BCUT2D eigenvalue weighted by atomic mass is 32.1. The van der Waals surface area contributed by atoms with Crippen molar-refractivity contribution in [1.82, 2.24) is 4.98 Å². The number of amides is 1. The molecule has 1 aromatic heterocycles. The summed E-state index contributed by atoms with van der Waals surface area (Å²) in [6, 6.07) is 12.2. The molecule has 10 heteroatoms. The molecule has 3 aromatic rings. The van der Waals surface area contributed by atoms with E-state index in [0.717, 1.165) is 11.3 Å². The Morgan fingerprint density at radius 3 is 2.35 bits per heavy atom.